The molecule has 0 spiro atoms. The molecular formula is C8H12ClF2NO2S. The van der Waals surface area contributed by atoms with Gasteiger partial charge in [-0.1, -0.05) is 0 Å². The van der Waals surface area contributed by atoms with Gasteiger partial charge in [-0.05, 0) is 25.7 Å². The molecule has 2 aliphatic heterocycles. The van der Waals surface area contributed by atoms with Gasteiger partial charge in [0.15, 0.2) is 0 Å². The van der Waals surface area contributed by atoms with Gasteiger partial charge < -0.3 is 0 Å². The Morgan fingerprint density at radius 1 is 1.20 bits per heavy atom. The smallest absolute Gasteiger partial charge is 0.206 e. The maximum absolute atomic E-state index is 12.4. The van der Waals surface area contributed by atoms with Gasteiger partial charge in [0.05, 0.1) is 0 Å². The number of halogens is 3. The molecular weight excluding hydrogens is 248 g/mol. The third-order valence-corrected chi connectivity index (χ3v) is 5.12. The fourth-order valence-corrected chi connectivity index (χ4v) is 4.38. The molecule has 2 bridgehead atoms. The zero-order valence-corrected chi connectivity index (χ0v) is 9.52. The zero-order chi connectivity index (χ0) is 11.2. The second-order valence-electron chi connectivity index (χ2n) is 4.09. The van der Waals surface area contributed by atoms with E-state index in [2.05, 4.69) is 0 Å². The predicted molar refractivity (Wildman–Crippen MR) is 52.4 cm³/mol. The number of alkyl halides is 3. The Balaban J connectivity index is 2.26. The third-order valence-electron chi connectivity index (χ3n) is 3.13. The second-order valence-corrected chi connectivity index (χ2v) is 6.51. The van der Waals surface area contributed by atoms with E-state index in [4.69, 9.17) is 11.6 Å². The summed E-state index contributed by atoms with van der Waals surface area (Å²) >= 11 is 5.93. The van der Waals surface area contributed by atoms with Crippen LogP contribution in [0, 0.1) is 0 Å². The number of hydrogen-bond donors (Lipinski definition) is 0. The summed E-state index contributed by atoms with van der Waals surface area (Å²) in [6.45, 7) is 0. The molecule has 88 valence electrons. The minimum atomic E-state index is -4.42. The number of rotatable bonds is 2. The average molecular weight is 260 g/mol. The van der Waals surface area contributed by atoms with Crippen molar-refractivity contribution in [2.75, 3.05) is 0 Å². The molecule has 0 radical (unpaired) electrons. The van der Waals surface area contributed by atoms with Gasteiger partial charge in [-0.2, -0.15) is 13.1 Å². The Labute approximate surface area is 92.4 Å². The first kappa shape index (κ1) is 11.5. The van der Waals surface area contributed by atoms with Gasteiger partial charge in [0.25, 0.3) is 10.0 Å². The summed E-state index contributed by atoms with van der Waals surface area (Å²) in [4.78, 5) is 0. The average Bonchev–Trinajstić information content (AvgIpc) is 2.39. The fourth-order valence-electron chi connectivity index (χ4n) is 2.58. The lowest BCUT2D eigenvalue weighted by atomic mass is 10.1. The lowest BCUT2D eigenvalue weighted by molar-refractivity contribution is 0.190. The molecule has 3 nitrogen and oxygen atoms in total. The molecule has 2 atom stereocenters. The summed E-state index contributed by atoms with van der Waals surface area (Å²) in [5, 5.41) is -0.0772. The van der Waals surface area contributed by atoms with Crippen LogP contribution in [0.4, 0.5) is 8.78 Å². The summed E-state index contributed by atoms with van der Waals surface area (Å²) < 4.78 is 48.6. The van der Waals surface area contributed by atoms with Crippen LogP contribution < -0.4 is 0 Å². The summed E-state index contributed by atoms with van der Waals surface area (Å²) in [5.74, 6) is -3.31. The summed E-state index contributed by atoms with van der Waals surface area (Å²) in [6, 6.07) is -0.629. The molecule has 2 rings (SSSR count). The van der Waals surface area contributed by atoms with Crippen molar-refractivity contribution < 1.29 is 17.2 Å². The van der Waals surface area contributed by atoms with Gasteiger partial charge >= 0.3 is 5.76 Å². The molecule has 0 amide bonds. The SMILES string of the molecule is O=S(=O)(C(F)F)N1C2CCC1CC(Cl)C2. The number of hydrogen-bond acceptors (Lipinski definition) is 2. The van der Waals surface area contributed by atoms with Crippen LogP contribution in [0.2, 0.25) is 0 Å². The van der Waals surface area contributed by atoms with Crippen LogP contribution in [0.1, 0.15) is 25.7 Å². The van der Waals surface area contributed by atoms with E-state index in [9.17, 15) is 17.2 Å². The van der Waals surface area contributed by atoms with Gasteiger partial charge in [-0.25, -0.2) is 8.42 Å². The highest BCUT2D eigenvalue weighted by Gasteiger charge is 2.49. The monoisotopic (exact) mass is 259 g/mol. The van der Waals surface area contributed by atoms with Crippen LogP contribution in [0.15, 0.2) is 0 Å². The molecule has 0 aromatic heterocycles. The summed E-state index contributed by atoms with van der Waals surface area (Å²) in [7, 11) is -4.42. The number of fused-ring (bicyclic) bond motifs is 2. The molecule has 2 saturated heterocycles. The maximum Gasteiger partial charge on any atom is 0.350 e. The van der Waals surface area contributed by atoms with Gasteiger partial charge in [0.2, 0.25) is 0 Å². The number of sulfonamides is 1. The first-order valence-corrected chi connectivity index (χ1v) is 6.81. The zero-order valence-electron chi connectivity index (χ0n) is 7.94. The van der Waals surface area contributed by atoms with Crippen LogP contribution in [-0.2, 0) is 10.0 Å². The Morgan fingerprint density at radius 3 is 2.07 bits per heavy atom. The summed E-state index contributed by atoms with van der Waals surface area (Å²) in [5.41, 5.74) is 0. The van der Waals surface area contributed by atoms with Gasteiger partial charge in [-0.15, -0.1) is 11.6 Å². The van der Waals surface area contributed by atoms with Crippen molar-refractivity contribution in [3.8, 4) is 0 Å². The number of nitrogens with zero attached hydrogens (tertiary/aromatic N) is 1. The first-order valence-electron chi connectivity index (χ1n) is 4.87. The molecule has 2 heterocycles. The Kier molecular flexibility index (Phi) is 2.94. The molecule has 15 heavy (non-hydrogen) atoms. The van der Waals surface area contributed by atoms with Crippen LogP contribution in [0.5, 0.6) is 0 Å². The van der Waals surface area contributed by atoms with Gasteiger partial charge in [0.1, 0.15) is 0 Å². The lowest BCUT2D eigenvalue weighted by Crippen LogP contribution is -2.48. The van der Waals surface area contributed by atoms with Crippen LogP contribution >= 0.6 is 11.6 Å². The molecule has 0 N–H and O–H groups in total. The van der Waals surface area contributed by atoms with E-state index in [-0.39, 0.29) is 17.5 Å². The fraction of sp³-hybridized carbons (Fsp3) is 1.00. The Morgan fingerprint density at radius 2 is 1.67 bits per heavy atom. The highest BCUT2D eigenvalue weighted by molar-refractivity contribution is 7.89. The predicted octanol–water partition coefficient (Wildman–Crippen LogP) is 1.77. The van der Waals surface area contributed by atoms with E-state index < -0.39 is 15.8 Å². The maximum atomic E-state index is 12.4. The van der Waals surface area contributed by atoms with Crippen LogP contribution in [0.3, 0.4) is 0 Å². The van der Waals surface area contributed by atoms with Gasteiger partial charge in [0, 0.05) is 17.5 Å². The standard InChI is InChI=1S/C8H12ClF2NO2S/c9-5-3-6-1-2-7(4-5)12(6)15(13,14)8(10)11/h5-8H,1-4H2. The van der Waals surface area contributed by atoms with Crippen molar-refractivity contribution in [3.05, 3.63) is 0 Å². The van der Waals surface area contributed by atoms with Crippen molar-refractivity contribution in [3.63, 3.8) is 0 Å². The van der Waals surface area contributed by atoms with E-state index in [0.29, 0.717) is 25.7 Å². The van der Waals surface area contributed by atoms with Crippen LogP contribution in [-0.4, -0.2) is 35.9 Å². The minimum Gasteiger partial charge on any atom is -0.206 e. The van der Waals surface area contributed by atoms with Crippen molar-refractivity contribution >= 4 is 21.6 Å². The molecule has 0 aliphatic carbocycles. The molecule has 2 unspecified atom stereocenters. The van der Waals surface area contributed by atoms with Crippen molar-refractivity contribution in [2.24, 2.45) is 0 Å². The van der Waals surface area contributed by atoms with Gasteiger partial charge in [-0.3, -0.25) is 0 Å². The molecule has 2 aliphatic rings. The van der Waals surface area contributed by atoms with Crippen molar-refractivity contribution in [2.45, 2.75) is 48.9 Å². The lowest BCUT2D eigenvalue weighted by Gasteiger charge is -2.35. The highest BCUT2D eigenvalue weighted by Crippen LogP contribution is 2.40. The third kappa shape index (κ3) is 1.87. The molecule has 0 aromatic rings. The molecule has 7 heteroatoms. The van der Waals surface area contributed by atoms with Crippen molar-refractivity contribution in [1.82, 2.24) is 4.31 Å². The normalized spacial score (nSPS) is 37.5. The van der Waals surface area contributed by atoms with Crippen LogP contribution in [0.25, 0.3) is 0 Å². The second kappa shape index (κ2) is 3.82. The van der Waals surface area contributed by atoms with E-state index in [1.165, 1.54) is 0 Å². The number of piperidine rings is 1. The molecule has 2 fully saturated rings. The van der Waals surface area contributed by atoms with E-state index in [0.717, 1.165) is 4.31 Å². The first-order chi connectivity index (χ1) is 6.93. The molecule has 0 saturated carbocycles. The Bertz CT molecular complexity index is 335. The van der Waals surface area contributed by atoms with E-state index in [1.54, 1.807) is 0 Å². The quantitative estimate of drug-likeness (QED) is 0.709. The highest BCUT2D eigenvalue weighted by atomic mass is 35.5. The minimum absolute atomic E-state index is 0.0772. The topological polar surface area (TPSA) is 37.4 Å². The largest absolute Gasteiger partial charge is 0.350 e. The summed E-state index contributed by atoms with van der Waals surface area (Å²) in [6.07, 6.45) is 2.29. The molecule has 0 aromatic carbocycles. The van der Waals surface area contributed by atoms with E-state index >= 15 is 0 Å². The van der Waals surface area contributed by atoms with Crippen molar-refractivity contribution in [1.29, 1.82) is 0 Å². The van der Waals surface area contributed by atoms with E-state index in [1.807, 2.05) is 0 Å². The Hall–Kier alpha value is 0.0600.